The summed E-state index contributed by atoms with van der Waals surface area (Å²) >= 11 is 7.05. The number of hydroxylamine groups is 1. The fraction of sp³-hybridized carbons (Fsp3) is 0.500. The molecule has 0 spiro atoms. The Morgan fingerprint density at radius 3 is 2.47 bits per heavy atom. The number of hydrogen-bond donors (Lipinski definition) is 3. The van der Waals surface area contributed by atoms with Gasteiger partial charge in [0.2, 0.25) is 5.91 Å². The summed E-state index contributed by atoms with van der Waals surface area (Å²) in [7, 11) is 0. The van der Waals surface area contributed by atoms with Crippen LogP contribution in [0, 0.1) is 5.41 Å². The Bertz CT molecular complexity index is 494. The van der Waals surface area contributed by atoms with Gasteiger partial charge in [0.1, 0.15) is 4.88 Å². The van der Waals surface area contributed by atoms with Gasteiger partial charge in [-0.3, -0.25) is 14.8 Å². The second kappa shape index (κ2) is 5.90. The van der Waals surface area contributed by atoms with Crippen molar-refractivity contribution >= 4 is 34.8 Å². The standard InChI is InChI=1S/C12H17ClN2O3S/c1-6(14-11(17)12(2,3)4)8-5-7(13)9(19-8)10(16)15-18/h5-6,18H,1-4H3,(H,14,17)(H,15,16)/t6-/m0/s1. The first-order valence-electron chi connectivity index (χ1n) is 5.71. The Morgan fingerprint density at radius 2 is 2.00 bits per heavy atom. The molecule has 1 atom stereocenters. The highest BCUT2D eigenvalue weighted by atomic mass is 35.5. The average Bonchev–Trinajstić information content (AvgIpc) is 2.69. The minimum absolute atomic E-state index is 0.0855. The highest BCUT2D eigenvalue weighted by Crippen LogP contribution is 2.31. The lowest BCUT2D eigenvalue weighted by Crippen LogP contribution is -2.36. The maximum absolute atomic E-state index is 11.9. The van der Waals surface area contributed by atoms with Crippen LogP contribution in [0.1, 0.15) is 48.3 Å². The van der Waals surface area contributed by atoms with Gasteiger partial charge in [0, 0.05) is 10.3 Å². The van der Waals surface area contributed by atoms with Crippen molar-refractivity contribution < 1.29 is 14.8 Å². The normalized spacial score (nSPS) is 12.9. The van der Waals surface area contributed by atoms with Gasteiger partial charge in [-0.15, -0.1) is 11.3 Å². The molecule has 0 radical (unpaired) electrons. The molecule has 0 aliphatic carbocycles. The number of hydrogen-bond acceptors (Lipinski definition) is 4. The zero-order chi connectivity index (χ0) is 14.8. The summed E-state index contributed by atoms with van der Waals surface area (Å²) < 4.78 is 0. The van der Waals surface area contributed by atoms with Crippen LogP contribution in [0.15, 0.2) is 6.07 Å². The predicted octanol–water partition coefficient (Wildman–Crippen LogP) is 2.74. The van der Waals surface area contributed by atoms with Crippen LogP contribution in [0.3, 0.4) is 0 Å². The van der Waals surface area contributed by atoms with E-state index in [1.165, 1.54) is 5.48 Å². The van der Waals surface area contributed by atoms with Gasteiger partial charge in [-0.25, -0.2) is 5.48 Å². The van der Waals surface area contributed by atoms with E-state index in [0.717, 1.165) is 16.2 Å². The SMILES string of the molecule is C[C@H](NC(=O)C(C)(C)C)c1cc(Cl)c(C(=O)NO)s1. The zero-order valence-corrected chi connectivity index (χ0v) is 12.8. The maximum Gasteiger partial charge on any atom is 0.286 e. The van der Waals surface area contributed by atoms with Crippen LogP contribution in [0.25, 0.3) is 0 Å². The molecule has 1 rings (SSSR count). The molecule has 0 saturated heterocycles. The van der Waals surface area contributed by atoms with E-state index in [1.807, 2.05) is 27.7 Å². The molecule has 0 fully saturated rings. The molecule has 3 N–H and O–H groups in total. The number of carbonyl (C=O) groups excluding carboxylic acids is 2. The Morgan fingerprint density at radius 1 is 1.42 bits per heavy atom. The van der Waals surface area contributed by atoms with E-state index < -0.39 is 11.3 Å². The van der Waals surface area contributed by atoms with Gasteiger partial charge in [0.05, 0.1) is 11.1 Å². The van der Waals surface area contributed by atoms with E-state index in [0.29, 0.717) is 0 Å². The van der Waals surface area contributed by atoms with Crippen LogP contribution >= 0.6 is 22.9 Å². The lowest BCUT2D eigenvalue weighted by atomic mass is 9.95. The van der Waals surface area contributed by atoms with Crippen molar-refractivity contribution in [3.63, 3.8) is 0 Å². The summed E-state index contributed by atoms with van der Waals surface area (Å²) in [4.78, 5) is 24.2. The number of amides is 2. The lowest BCUT2D eigenvalue weighted by molar-refractivity contribution is -0.129. The van der Waals surface area contributed by atoms with Crippen LogP contribution in [-0.4, -0.2) is 17.0 Å². The molecule has 1 aromatic rings. The first-order chi connectivity index (χ1) is 8.66. The average molecular weight is 305 g/mol. The Hall–Kier alpha value is -1.11. The molecule has 7 heteroatoms. The number of carbonyl (C=O) groups is 2. The summed E-state index contributed by atoms with van der Waals surface area (Å²) in [5, 5.41) is 11.7. The van der Waals surface area contributed by atoms with E-state index in [1.54, 1.807) is 6.07 Å². The molecular formula is C12H17ClN2O3S. The molecule has 19 heavy (non-hydrogen) atoms. The van der Waals surface area contributed by atoms with E-state index >= 15 is 0 Å². The molecule has 1 heterocycles. The van der Waals surface area contributed by atoms with Crippen LogP contribution in [0.4, 0.5) is 0 Å². The fourth-order valence-corrected chi connectivity index (χ4v) is 2.62. The quantitative estimate of drug-likeness (QED) is 0.593. The number of thiophene rings is 1. The van der Waals surface area contributed by atoms with Crippen LogP contribution in [0.2, 0.25) is 5.02 Å². The largest absolute Gasteiger partial charge is 0.348 e. The second-order valence-corrected chi connectivity index (χ2v) is 6.70. The first-order valence-corrected chi connectivity index (χ1v) is 6.91. The van der Waals surface area contributed by atoms with Crippen LogP contribution in [-0.2, 0) is 4.79 Å². The van der Waals surface area contributed by atoms with Gasteiger partial charge in [-0.1, -0.05) is 32.4 Å². The highest BCUT2D eigenvalue weighted by Gasteiger charge is 2.24. The highest BCUT2D eigenvalue weighted by molar-refractivity contribution is 7.14. The van der Waals surface area contributed by atoms with Crippen molar-refractivity contribution in [1.82, 2.24) is 10.8 Å². The minimum Gasteiger partial charge on any atom is -0.348 e. The second-order valence-electron chi connectivity index (χ2n) is 5.21. The van der Waals surface area contributed by atoms with Crippen molar-refractivity contribution in [2.75, 3.05) is 0 Å². The summed E-state index contributed by atoms with van der Waals surface area (Å²) in [6.45, 7) is 7.27. The molecule has 0 aromatic carbocycles. The molecule has 0 bridgehead atoms. The Kier molecular flexibility index (Phi) is 4.95. The number of halogens is 1. The smallest absolute Gasteiger partial charge is 0.286 e. The molecule has 0 aliphatic rings. The van der Waals surface area contributed by atoms with Gasteiger partial charge in [0.15, 0.2) is 0 Å². The minimum atomic E-state index is -0.657. The summed E-state index contributed by atoms with van der Waals surface area (Å²) in [6, 6.07) is 1.36. The van der Waals surface area contributed by atoms with Gasteiger partial charge < -0.3 is 5.32 Å². The third-order valence-electron chi connectivity index (χ3n) is 2.47. The van der Waals surface area contributed by atoms with Crippen molar-refractivity contribution in [2.45, 2.75) is 33.7 Å². The predicted molar refractivity (Wildman–Crippen MR) is 74.6 cm³/mol. The van der Waals surface area contributed by atoms with Crippen molar-refractivity contribution in [3.8, 4) is 0 Å². The zero-order valence-electron chi connectivity index (χ0n) is 11.2. The van der Waals surface area contributed by atoms with Gasteiger partial charge in [-0.05, 0) is 13.0 Å². The molecule has 2 amide bonds. The fourth-order valence-electron chi connectivity index (χ4n) is 1.29. The Labute approximate surface area is 120 Å². The van der Waals surface area contributed by atoms with E-state index in [9.17, 15) is 9.59 Å². The molecule has 0 unspecified atom stereocenters. The monoisotopic (exact) mass is 304 g/mol. The number of nitrogens with one attached hydrogen (secondary N) is 2. The third-order valence-corrected chi connectivity index (χ3v) is 4.20. The molecule has 0 saturated carbocycles. The maximum atomic E-state index is 11.9. The summed E-state index contributed by atoms with van der Waals surface area (Å²) in [5.41, 5.74) is 1.05. The summed E-state index contributed by atoms with van der Waals surface area (Å²) in [5.74, 6) is -0.742. The van der Waals surface area contributed by atoms with E-state index in [4.69, 9.17) is 16.8 Å². The van der Waals surface area contributed by atoms with Gasteiger partial charge in [0.25, 0.3) is 5.91 Å². The molecule has 106 valence electrons. The van der Waals surface area contributed by atoms with Crippen LogP contribution in [0.5, 0.6) is 0 Å². The molecular weight excluding hydrogens is 288 g/mol. The summed E-state index contributed by atoms with van der Waals surface area (Å²) in [6.07, 6.45) is 0. The van der Waals surface area contributed by atoms with E-state index in [2.05, 4.69) is 5.32 Å². The van der Waals surface area contributed by atoms with Gasteiger partial charge in [-0.2, -0.15) is 0 Å². The van der Waals surface area contributed by atoms with Gasteiger partial charge >= 0.3 is 0 Å². The first kappa shape index (κ1) is 15.9. The van der Waals surface area contributed by atoms with Crippen molar-refractivity contribution in [3.05, 3.63) is 20.8 Å². The van der Waals surface area contributed by atoms with Crippen LogP contribution < -0.4 is 10.8 Å². The van der Waals surface area contributed by atoms with Crippen molar-refractivity contribution in [1.29, 1.82) is 0 Å². The molecule has 0 aliphatic heterocycles. The molecule has 1 aromatic heterocycles. The van der Waals surface area contributed by atoms with E-state index in [-0.39, 0.29) is 21.8 Å². The lowest BCUT2D eigenvalue weighted by Gasteiger charge is -2.21. The van der Waals surface area contributed by atoms with Crippen molar-refractivity contribution in [2.24, 2.45) is 5.41 Å². The number of rotatable bonds is 3. The Balaban J connectivity index is 2.87. The molecule has 5 nitrogen and oxygen atoms in total. The topological polar surface area (TPSA) is 78.4 Å². The third kappa shape index (κ3) is 3.92.